The smallest absolute Gasteiger partial charge is 0.146 e. The van der Waals surface area contributed by atoms with E-state index in [0.29, 0.717) is 13.4 Å². The summed E-state index contributed by atoms with van der Waals surface area (Å²) in [5, 5.41) is 9.85. The van der Waals surface area contributed by atoms with E-state index in [1.807, 2.05) is 12.2 Å². The summed E-state index contributed by atoms with van der Waals surface area (Å²) in [6.45, 7) is 6.71. The first-order valence-electron chi connectivity index (χ1n) is 5.80. The van der Waals surface area contributed by atoms with Crippen LogP contribution in [0.15, 0.2) is 24.8 Å². The van der Waals surface area contributed by atoms with Gasteiger partial charge in [-0.2, -0.15) is 0 Å². The van der Waals surface area contributed by atoms with Crippen molar-refractivity contribution in [3.05, 3.63) is 24.8 Å². The minimum Gasteiger partial charge on any atom is -0.388 e. The molecule has 0 fully saturated rings. The lowest BCUT2D eigenvalue weighted by atomic mass is 9.98. The lowest BCUT2D eigenvalue weighted by Crippen LogP contribution is -2.18. The second kappa shape index (κ2) is 10.9. The molecule has 0 unspecified atom stereocenters. The molecule has 0 radical (unpaired) electrons. The zero-order chi connectivity index (χ0) is 12.2. The van der Waals surface area contributed by atoms with Crippen molar-refractivity contribution in [2.75, 3.05) is 20.5 Å². The molecule has 16 heavy (non-hydrogen) atoms. The Morgan fingerprint density at radius 3 is 2.75 bits per heavy atom. The lowest BCUT2D eigenvalue weighted by Gasteiger charge is -2.16. The molecule has 0 aliphatic rings. The predicted molar refractivity (Wildman–Crippen MR) is 66.2 cm³/mol. The van der Waals surface area contributed by atoms with Gasteiger partial charge in [-0.1, -0.05) is 31.6 Å². The van der Waals surface area contributed by atoms with Gasteiger partial charge in [0.25, 0.3) is 0 Å². The summed E-state index contributed by atoms with van der Waals surface area (Å²) >= 11 is 0. The summed E-state index contributed by atoms with van der Waals surface area (Å²) in [7, 11) is 1.59. The van der Waals surface area contributed by atoms with Gasteiger partial charge in [0.15, 0.2) is 0 Å². The van der Waals surface area contributed by atoms with Crippen LogP contribution in [0.2, 0.25) is 0 Å². The Bertz CT molecular complexity index is 190. The van der Waals surface area contributed by atoms with Gasteiger partial charge >= 0.3 is 0 Å². The maximum Gasteiger partial charge on any atom is 0.146 e. The fraction of sp³-hybridized carbons (Fsp3) is 0.692. The van der Waals surface area contributed by atoms with Crippen molar-refractivity contribution in [3.63, 3.8) is 0 Å². The summed E-state index contributed by atoms with van der Waals surface area (Å²) < 4.78 is 9.96. The summed E-state index contributed by atoms with van der Waals surface area (Å²) in [5.74, 6) is 0.0463. The van der Waals surface area contributed by atoms with Gasteiger partial charge in [0.1, 0.15) is 6.79 Å². The number of hydrogen-bond donors (Lipinski definition) is 1. The summed E-state index contributed by atoms with van der Waals surface area (Å²) in [4.78, 5) is 0. The number of aliphatic hydroxyl groups excluding tert-OH is 1. The SMILES string of the molecule is C=C[C@H](CCOCOC)[C@H](O)/C=C/CCC. The van der Waals surface area contributed by atoms with Crippen molar-refractivity contribution in [2.24, 2.45) is 5.92 Å². The third kappa shape index (κ3) is 7.63. The second-order valence-electron chi connectivity index (χ2n) is 3.71. The molecule has 0 saturated heterocycles. The van der Waals surface area contributed by atoms with Crippen LogP contribution in [0.3, 0.4) is 0 Å². The van der Waals surface area contributed by atoms with E-state index in [-0.39, 0.29) is 5.92 Å². The van der Waals surface area contributed by atoms with Crippen molar-refractivity contribution < 1.29 is 14.6 Å². The van der Waals surface area contributed by atoms with E-state index in [4.69, 9.17) is 9.47 Å². The fourth-order valence-electron chi connectivity index (χ4n) is 1.33. The summed E-state index contributed by atoms with van der Waals surface area (Å²) in [6.07, 6.45) is 8.01. The van der Waals surface area contributed by atoms with E-state index in [9.17, 15) is 5.11 Å². The molecule has 1 N–H and O–H groups in total. The largest absolute Gasteiger partial charge is 0.388 e. The number of aliphatic hydroxyl groups is 1. The monoisotopic (exact) mass is 228 g/mol. The van der Waals surface area contributed by atoms with Crippen molar-refractivity contribution in [3.8, 4) is 0 Å². The maximum atomic E-state index is 9.85. The minimum atomic E-state index is -0.463. The van der Waals surface area contributed by atoms with E-state index < -0.39 is 6.10 Å². The quantitative estimate of drug-likeness (QED) is 0.355. The number of rotatable bonds is 10. The van der Waals surface area contributed by atoms with Crippen LogP contribution in [0.1, 0.15) is 26.2 Å². The van der Waals surface area contributed by atoms with Crippen LogP contribution in [0.25, 0.3) is 0 Å². The van der Waals surface area contributed by atoms with Gasteiger partial charge in [0, 0.05) is 13.0 Å². The molecule has 0 aromatic carbocycles. The highest BCUT2D eigenvalue weighted by Gasteiger charge is 2.12. The van der Waals surface area contributed by atoms with Crippen LogP contribution in [-0.4, -0.2) is 31.7 Å². The Hall–Kier alpha value is -0.640. The van der Waals surface area contributed by atoms with Gasteiger partial charge in [-0.15, -0.1) is 6.58 Å². The predicted octanol–water partition coefficient (Wildman–Crippen LogP) is 2.52. The molecule has 2 atom stereocenters. The number of methoxy groups -OCH3 is 1. The van der Waals surface area contributed by atoms with Crippen LogP contribution in [0.5, 0.6) is 0 Å². The minimum absolute atomic E-state index is 0.0463. The normalized spacial score (nSPS) is 15.2. The Morgan fingerprint density at radius 1 is 1.44 bits per heavy atom. The molecule has 0 amide bonds. The first-order chi connectivity index (χ1) is 7.76. The topological polar surface area (TPSA) is 38.7 Å². The molecule has 0 saturated carbocycles. The molecule has 0 aliphatic carbocycles. The molecule has 3 nitrogen and oxygen atoms in total. The van der Waals surface area contributed by atoms with Gasteiger partial charge in [-0.05, 0) is 12.8 Å². The van der Waals surface area contributed by atoms with E-state index in [0.717, 1.165) is 19.3 Å². The standard InChI is InChI=1S/C13H24O3/c1-4-6-7-8-13(14)12(5-2)9-10-16-11-15-3/h5,7-8,12-14H,2,4,6,9-11H2,1,3H3/b8-7+/t12-,13-/m1/s1. The molecule has 0 spiro atoms. The zero-order valence-corrected chi connectivity index (χ0v) is 10.4. The lowest BCUT2D eigenvalue weighted by molar-refractivity contribution is -0.0359. The number of unbranched alkanes of at least 4 members (excludes halogenated alkanes) is 1. The highest BCUT2D eigenvalue weighted by molar-refractivity contribution is 4.97. The van der Waals surface area contributed by atoms with Crippen LogP contribution in [0.4, 0.5) is 0 Å². The van der Waals surface area contributed by atoms with Crippen molar-refractivity contribution in [2.45, 2.75) is 32.3 Å². The van der Waals surface area contributed by atoms with Gasteiger partial charge < -0.3 is 14.6 Å². The van der Waals surface area contributed by atoms with E-state index >= 15 is 0 Å². The first-order valence-corrected chi connectivity index (χ1v) is 5.80. The molecule has 0 aromatic heterocycles. The summed E-state index contributed by atoms with van der Waals surface area (Å²) in [6, 6.07) is 0. The first kappa shape index (κ1) is 15.4. The Morgan fingerprint density at radius 2 is 2.19 bits per heavy atom. The molecular weight excluding hydrogens is 204 g/mol. The number of allylic oxidation sites excluding steroid dienone is 1. The maximum absolute atomic E-state index is 9.85. The third-order valence-corrected chi connectivity index (χ3v) is 2.33. The number of ether oxygens (including phenoxy) is 2. The van der Waals surface area contributed by atoms with Crippen LogP contribution in [0, 0.1) is 5.92 Å². The van der Waals surface area contributed by atoms with Crippen molar-refractivity contribution in [1.29, 1.82) is 0 Å². The van der Waals surface area contributed by atoms with E-state index in [2.05, 4.69) is 13.5 Å². The Kier molecular flexibility index (Phi) is 10.4. The molecule has 0 heterocycles. The van der Waals surface area contributed by atoms with E-state index in [1.165, 1.54) is 0 Å². The van der Waals surface area contributed by atoms with Gasteiger partial charge in [-0.3, -0.25) is 0 Å². The summed E-state index contributed by atoms with van der Waals surface area (Å²) in [5.41, 5.74) is 0. The molecule has 0 bridgehead atoms. The van der Waals surface area contributed by atoms with E-state index in [1.54, 1.807) is 13.2 Å². The molecular formula is C13H24O3. The van der Waals surface area contributed by atoms with Gasteiger partial charge in [0.2, 0.25) is 0 Å². The van der Waals surface area contributed by atoms with Crippen LogP contribution in [-0.2, 0) is 9.47 Å². The van der Waals surface area contributed by atoms with Crippen LogP contribution < -0.4 is 0 Å². The zero-order valence-electron chi connectivity index (χ0n) is 10.4. The Labute approximate surface area is 98.8 Å². The molecule has 0 aromatic rings. The third-order valence-electron chi connectivity index (χ3n) is 2.33. The highest BCUT2D eigenvalue weighted by atomic mass is 16.7. The molecule has 3 heteroatoms. The second-order valence-corrected chi connectivity index (χ2v) is 3.71. The van der Waals surface area contributed by atoms with Gasteiger partial charge in [0.05, 0.1) is 12.7 Å². The van der Waals surface area contributed by atoms with Crippen molar-refractivity contribution in [1.82, 2.24) is 0 Å². The number of hydrogen-bond acceptors (Lipinski definition) is 3. The highest BCUT2D eigenvalue weighted by Crippen LogP contribution is 2.12. The average Bonchev–Trinajstić information content (AvgIpc) is 2.29. The molecule has 0 rings (SSSR count). The van der Waals surface area contributed by atoms with Gasteiger partial charge in [-0.25, -0.2) is 0 Å². The fourth-order valence-corrected chi connectivity index (χ4v) is 1.33. The molecule has 94 valence electrons. The van der Waals surface area contributed by atoms with Crippen molar-refractivity contribution >= 4 is 0 Å². The molecule has 0 aliphatic heterocycles. The Balaban J connectivity index is 3.82. The van der Waals surface area contributed by atoms with Crippen LogP contribution >= 0.6 is 0 Å². The average molecular weight is 228 g/mol.